The molecular formula is C25H30N4O5S. The van der Waals surface area contributed by atoms with Crippen LogP contribution in [-0.4, -0.2) is 77.5 Å². The molecule has 5 rings (SSSR count). The van der Waals surface area contributed by atoms with E-state index in [1.54, 1.807) is 41.0 Å². The van der Waals surface area contributed by atoms with Crippen molar-refractivity contribution in [3.8, 4) is 5.75 Å². The summed E-state index contributed by atoms with van der Waals surface area (Å²) in [6.07, 6.45) is 4.68. The number of likely N-dealkylation sites (tertiary alicyclic amines) is 1. The van der Waals surface area contributed by atoms with Gasteiger partial charge in [0.1, 0.15) is 24.2 Å². The molecule has 3 amide bonds. The fourth-order valence-corrected chi connectivity index (χ4v) is 5.62. The summed E-state index contributed by atoms with van der Waals surface area (Å²) in [5, 5.41) is 4.46. The van der Waals surface area contributed by atoms with Crippen LogP contribution in [0.4, 0.5) is 5.69 Å². The van der Waals surface area contributed by atoms with Crippen molar-refractivity contribution in [3.05, 3.63) is 40.3 Å². The predicted molar refractivity (Wildman–Crippen MR) is 131 cm³/mol. The van der Waals surface area contributed by atoms with Crippen LogP contribution in [-0.2, 0) is 9.53 Å². The van der Waals surface area contributed by atoms with E-state index in [9.17, 15) is 14.4 Å². The molecule has 0 radical (unpaired) electrons. The van der Waals surface area contributed by atoms with E-state index in [0.29, 0.717) is 29.1 Å². The Balaban J connectivity index is 1.27. The van der Waals surface area contributed by atoms with Crippen LogP contribution < -0.4 is 10.1 Å². The molecule has 186 valence electrons. The van der Waals surface area contributed by atoms with Crippen molar-refractivity contribution in [1.82, 2.24) is 14.8 Å². The average molecular weight is 499 g/mol. The zero-order valence-corrected chi connectivity index (χ0v) is 20.6. The molecule has 1 aromatic carbocycles. The van der Waals surface area contributed by atoms with Gasteiger partial charge >= 0.3 is 0 Å². The van der Waals surface area contributed by atoms with Crippen molar-refractivity contribution in [2.75, 3.05) is 32.1 Å². The van der Waals surface area contributed by atoms with E-state index in [-0.39, 0.29) is 42.6 Å². The van der Waals surface area contributed by atoms with Crippen molar-refractivity contribution < 1.29 is 23.9 Å². The summed E-state index contributed by atoms with van der Waals surface area (Å²) in [5.74, 6) is 0.0829. The molecule has 1 N–H and O–H groups in total. The molecule has 0 unspecified atom stereocenters. The Labute approximate surface area is 208 Å². The third-order valence-corrected chi connectivity index (χ3v) is 7.63. The number of rotatable bonds is 4. The fourth-order valence-electron chi connectivity index (χ4n) is 5.09. The van der Waals surface area contributed by atoms with Gasteiger partial charge < -0.3 is 24.6 Å². The summed E-state index contributed by atoms with van der Waals surface area (Å²) in [6, 6.07) is 4.89. The largest absolute Gasteiger partial charge is 0.490 e. The number of likely N-dealkylation sites (N-methyl/N-ethyl adjacent to an activating group) is 1. The summed E-state index contributed by atoms with van der Waals surface area (Å²) in [6.45, 7) is 1.95. The Hall–Kier alpha value is -2.98. The molecule has 9 nitrogen and oxygen atoms in total. The van der Waals surface area contributed by atoms with E-state index in [0.717, 1.165) is 38.8 Å². The van der Waals surface area contributed by atoms with E-state index in [4.69, 9.17) is 9.47 Å². The number of carbonyl (C=O) groups is 3. The van der Waals surface area contributed by atoms with E-state index in [1.807, 2.05) is 4.90 Å². The average Bonchev–Trinajstić information content (AvgIpc) is 3.42. The Morgan fingerprint density at radius 1 is 1.20 bits per heavy atom. The summed E-state index contributed by atoms with van der Waals surface area (Å²) in [4.78, 5) is 46.2. The van der Waals surface area contributed by atoms with E-state index < -0.39 is 0 Å². The highest BCUT2D eigenvalue weighted by atomic mass is 32.1. The first-order valence-electron chi connectivity index (χ1n) is 12.2. The second-order valence-electron chi connectivity index (χ2n) is 9.35. The number of fused-ring (bicyclic) bond motifs is 2. The summed E-state index contributed by atoms with van der Waals surface area (Å²) in [5.41, 5.74) is 2.82. The number of anilines is 1. The SMILES string of the molecule is CN1C(=O)c2cc(NC(=O)c3cscn3)ccc2OC[C@@H]2O[C@H](CC(=O)N3CCCCC3)CC[C@@H]21. The molecule has 3 atom stereocenters. The van der Waals surface area contributed by atoms with Gasteiger partial charge in [-0.25, -0.2) is 4.98 Å². The lowest BCUT2D eigenvalue weighted by atomic mass is 9.94. The summed E-state index contributed by atoms with van der Waals surface area (Å²) < 4.78 is 12.3. The van der Waals surface area contributed by atoms with Crippen molar-refractivity contribution in [3.63, 3.8) is 0 Å². The molecular weight excluding hydrogens is 468 g/mol. The van der Waals surface area contributed by atoms with Crippen LogP contribution in [0.15, 0.2) is 29.1 Å². The maximum absolute atomic E-state index is 13.4. The van der Waals surface area contributed by atoms with Gasteiger partial charge in [-0.1, -0.05) is 0 Å². The van der Waals surface area contributed by atoms with Gasteiger partial charge in [0.2, 0.25) is 5.91 Å². The van der Waals surface area contributed by atoms with Gasteiger partial charge in [0.05, 0.1) is 29.6 Å². The number of carbonyl (C=O) groups excluding carboxylic acids is 3. The van der Waals surface area contributed by atoms with Gasteiger partial charge in [-0.15, -0.1) is 11.3 Å². The molecule has 0 spiro atoms. The van der Waals surface area contributed by atoms with Crippen molar-refractivity contribution in [1.29, 1.82) is 0 Å². The molecule has 10 heteroatoms. The lowest BCUT2D eigenvalue weighted by Gasteiger charge is -2.42. The van der Waals surface area contributed by atoms with Gasteiger partial charge in [-0.2, -0.15) is 0 Å². The van der Waals surface area contributed by atoms with Gasteiger partial charge in [0, 0.05) is 31.2 Å². The molecule has 3 aliphatic rings. The number of thiazole rings is 1. The fraction of sp³-hybridized carbons (Fsp3) is 0.520. The molecule has 3 aliphatic heterocycles. The quantitative estimate of drug-likeness (QED) is 0.695. The number of hydrogen-bond donors (Lipinski definition) is 1. The monoisotopic (exact) mass is 498 g/mol. The lowest BCUT2D eigenvalue weighted by Crippen LogP contribution is -2.54. The van der Waals surface area contributed by atoms with Crippen LogP contribution in [0.3, 0.4) is 0 Å². The number of hydrogen-bond acceptors (Lipinski definition) is 7. The normalized spacial score (nSPS) is 24.5. The van der Waals surface area contributed by atoms with Gasteiger partial charge in [0.25, 0.3) is 11.8 Å². The lowest BCUT2D eigenvalue weighted by molar-refractivity contribution is -0.143. The smallest absolute Gasteiger partial charge is 0.275 e. The van der Waals surface area contributed by atoms with Crippen LogP contribution in [0, 0.1) is 0 Å². The molecule has 0 bridgehead atoms. The molecule has 4 heterocycles. The highest BCUT2D eigenvalue weighted by molar-refractivity contribution is 7.07. The Kier molecular flexibility index (Phi) is 7.01. The van der Waals surface area contributed by atoms with Gasteiger partial charge in [-0.3, -0.25) is 14.4 Å². The molecule has 0 saturated carbocycles. The third-order valence-electron chi connectivity index (χ3n) is 7.05. The Bertz CT molecular complexity index is 1090. The topological polar surface area (TPSA) is 101 Å². The van der Waals surface area contributed by atoms with Gasteiger partial charge in [0.15, 0.2) is 0 Å². The van der Waals surface area contributed by atoms with E-state index in [2.05, 4.69) is 10.3 Å². The molecule has 2 aromatic rings. The number of nitrogens with zero attached hydrogens (tertiary/aromatic N) is 3. The van der Waals surface area contributed by atoms with E-state index >= 15 is 0 Å². The number of piperidine rings is 1. The van der Waals surface area contributed by atoms with Crippen LogP contribution in [0.2, 0.25) is 0 Å². The number of amides is 3. The van der Waals surface area contributed by atoms with Gasteiger partial charge in [-0.05, 0) is 50.3 Å². The number of nitrogens with one attached hydrogen (secondary N) is 1. The first-order valence-corrected chi connectivity index (χ1v) is 13.1. The van der Waals surface area contributed by atoms with E-state index in [1.165, 1.54) is 17.8 Å². The zero-order chi connectivity index (χ0) is 24.4. The minimum atomic E-state index is -0.329. The minimum absolute atomic E-state index is 0.148. The maximum Gasteiger partial charge on any atom is 0.275 e. The summed E-state index contributed by atoms with van der Waals surface area (Å²) >= 11 is 1.34. The molecule has 35 heavy (non-hydrogen) atoms. The number of ether oxygens (including phenoxy) is 2. The van der Waals surface area contributed by atoms with Crippen LogP contribution in [0.5, 0.6) is 5.75 Å². The highest BCUT2D eigenvalue weighted by Crippen LogP contribution is 2.33. The van der Waals surface area contributed by atoms with Crippen LogP contribution in [0.1, 0.15) is 59.4 Å². The molecule has 0 aliphatic carbocycles. The first-order chi connectivity index (χ1) is 17.0. The highest BCUT2D eigenvalue weighted by Gasteiger charge is 2.39. The maximum atomic E-state index is 13.4. The second kappa shape index (κ2) is 10.3. The minimum Gasteiger partial charge on any atom is -0.490 e. The van der Waals surface area contributed by atoms with Crippen molar-refractivity contribution >= 4 is 34.7 Å². The third kappa shape index (κ3) is 5.18. The standard InChI is InChI=1S/C25H30N4O5S/c1-28-20-7-6-17(12-23(30)29-9-3-2-4-10-29)34-22(20)13-33-21-8-5-16(11-18(21)25(28)32)27-24(31)19-14-35-15-26-19/h5,8,11,14-15,17,20,22H,2-4,6-7,9-10,12-13H2,1H3,(H,27,31)/t17-,20-,22-/m0/s1. The molecule has 1 aromatic heterocycles. The molecule has 2 saturated heterocycles. The van der Waals surface area contributed by atoms with Crippen LogP contribution in [0.25, 0.3) is 0 Å². The zero-order valence-electron chi connectivity index (χ0n) is 19.8. The summed E-state index contributed by atoms with van der Waals surface area (Å²) in [7, 11) is 1.78. The van der Waals surface area contributed by atoms with Crippen molar-refractivity contribution in [2.24, 2.45) is 0 Å². The Morgan fingerprint density at radius 2 is 2.03 bits per heavy atom. The van der Waals surface area contributed by atoms with Crippen molar-refractivity contribution in [2.45, 2.75) is 56.8 Å². The first kappa shape index (κ1) is 23.7. The Morgan fingerprint density at radius 3 is 2.80 bits per heavy atom. The number of aromatic nitrogens is 1. The second-order valence-corrected chi connectivity index (χ2v) is 10.1. The van der Waals surface area contributed by atoms with Crippen LogP contribution >= 0.6 is 11.3 Å². The molecule has 2 fully saturated rings. The number of benzene rings is 1. The predicted octanol–water partition coefficient (Wildman–Crippen LogP) is 3.18.